The number of anilines is 1. The molecule has 0 spiro atoms. The predicted molar refractivity (Wildman–Crippen MR) is 97.6 cm³/mol. The normalized spacial score (nSPS) is 21.4. The first-order chi connectivity index (χ1) is 11.5. The van der Waals surface area contributed by atoms with Gasteiger partial charge in [0.2, 0.25) is 10.0 Å². The molecule has 2 N–H and O–H groups in total. The fourth-order valence-electron chi connectivity index (χ4n) is 3.26. The fourth-order valence-corrected chi connectivity index (χ4v) is 4.59. The summed E-state index contributed by atoms with van der Waals surface area (Å²) in [5, 5.41) is 3.52. The third-order valence-corrected chi connectivity index (χ3v) is 6.00. The Morgan fingerprint density at radius 3 is 2.33 bits per heavy atom. The van der Waals surface area contributed by atoms with Crippen molar-refractivity contribution in [3.63, 3.8) is 0 Å². The molecule has 1 saturated carbocycles. The molecular weight excluding hydrogens is 320 g/mol. The second-order valence-corrected chi connectivity index (χ2v) is 8.16. The van der Waals surface area contributed by atoms with E-state index in [1.165, 1.54) is 5.56 Å². The van der Waals surface area contributed by atoms with Crippen LogP contribution in [0.3, 0.4) is 0 Å². The summed E-state index contributed by atoms with van der Waals surface area (Å²) < 4.78 is 28.1. The van der Waals surface area contributed by atoms with Crippen LogP contribution in [0.15, 0.2) is 59.5 Å². The van der Waals surface area contributed by atoms with Gasteiger partial charge in [-0.15, -0.1) is 0 Å². The third kappa shape index (κ3) is 4.16. The maximum atomic E-state index is 12.6. The summed E-state index contributed by atoms with van der Waals surface area (Å²) in [5.74, 6) is 0. The molecule has 0 aromatic heterocycles. The van der Waals surface area contributed by atoms with Gasteiger partial charge in [-0.25, -0.2) is 13.1 Å². The first-order valence-corrected chi connectivity index (χ1v) is 9.93. The van der Waals surface area contributed by atoms with Gasteiger partial charge in [0.05, 0.1) is 4.90 Å². The van der Waals surface area contributed by atoms with Crippen LogP contribution < -0.4 is 10.0 Å². The van der Waals surface area contributed by atoms with E-state index in [1.807, 2.05) is 18.2 Å². The largest absolute Gasteiger partial charge is 0.381 e. The van der Waals surface area contributed by atoms with Crippen LogP contribution in [-0.2, 0) is 10.0 Å². The lowest BCUT2D eigenvalue weighted by Gasteiger charge is -2.33. The Morgan fingerprint density at radius 2 is 1.62 bits per heavy atom. The van der Waals surface area contributed by atoms with Crippen molar-refractivity contribution in [2.24, 2.45) is 0 Å². The Kier molecular flexibility index (Phi) is 5.21. The average molecular weight is 344 g/mol. The van der Waals surface area contributed by atoms with E-state index in [1.54, 1.807) is 24.3 Å². The van der Waals surface area contributed by atoms with Crippen LogP contribution in [0, 0.1) is 6.92 Å². The van der Waals surface area contributed by atoms with Gasteiger partial charge in [0.25, 0.3) is 0 Å². The molecule has 5 heteroatoms. The molecule has 4 nitrogen and oxygen atoms in total. The summed E-state index contributed by atoms with van der Waals surface area (Å²) in [6.45, 7) is 2.06. The second kappa shape index (κ2) is 7.36. The Morgan fingerprint density at radius 1 is 0.917 bits per heavy atom. The molecule has 2 atom stereocenters. The summed E-state index contributed by atoms with van der Waals surface area (Å²) in [5.41, 5.74) is 2.24. The van der Waals surface area contributed by atoms with Crippen molar-refractivity contribution in [2.45, 2.75) is 49.6 Å². The summed E-state index contributed by atoms with van der Waals surface area (Å²) in [6.07, 6.45) is 3.99. The Bertz CT molecular complexity index is 775. The molecule has 0 bridgehead atoms. The average Bonchev–Trinajstić information content (AvgIpc) is 2.57. The molecule has 0 saturated heterocycles. The maximum Gasteiger partial charge on any atom is 0.240 e. The third-order valence-electron chi connectivity index (χ3n) is 4.50. The highest BCUT2D eigenvalue weighted by Crippen LogP contribution is 2.24. The van der Waals surface area contributed by atoms with Crippen molar-refractivity contribution in [1.82, 2.24) is 4.72 Å². The summed E-state index contributed by atoms with van der Waals surface area (Å²) in [7, 11) is -3.48. The van der Waals surface area contributed by atoms with Gasteiger partial charge >= 0.3 is 0 Å². The van der Waals surface area contributed by atoms with Crippen molar-refractivity contribution in [3.05, 3.63) is 60.2 Å². The number of benzene rings is 2. The molecule has 24 heavy (non-hydrogen) atoms. The smallest absolute Gasteiger partial charge is 0.240 e. The molecule has 128 valence electrons. The van der Waals surface area contributed by atoms with E-state index in [4.69, 9.17) is 0 Å². The quantitative estimate of drug-likeness (QED) is 0.869. The zero-order valence-electron chi connectivity index (χ0n) is 13.9. The van der Waals surface area contributed by atoms with Gasteiger partial charge in [-0.05, 0) is 49.6 Å². The molecule has 2 aromatic rings. The van der Waals surface area contributed by atoms with Crippen LogP contribution in [-0.4, -0.2) is 20.5 Å². The Labute approximate surface area is 144 Å². The zero-order valence-corrected chi connectivity index (χ0v) is 14.7. The number of sulfonamides is 1. The van der Waals surface area contributed by atoms with Gasteiger partial charge in [-0.3, -0.25) is 0 Å². The van der Waals surface area contributed by atoms with E-state index in [0.717, 1.165) is 31.4 Å². The van der Waals surface area contributed by atoms with E-state index in [0.29, 0.717) is 4.90 Å². The van der Waals surface area contributed by atoms with Gasteiger partial charge < -0.3 is 5.32 Å². The molecule has 0 amide bonds. The summed E-state index contributed by atoms with van der Waals surface area (Å²) >= 11 is 0. The highest BCUT2D eigenvalue weighted by molar-refractivity contribution is 7.89. The molecule has 2 aromatic carbocycles. The molecule has 0 unspecified atom stereocenters. The van der Waals surface area contributed by atoms with Crippen molar-refractivity contribution in [2.75, 3.05) is 5.32 Å². The van der Waals surface area contributed by atoms with Crippen LogP contribution in [0.1, 0.15) is 31.2 Å². The lowest BCUT2D eigenvalue weighted by atomic mass is 9.91. The molecular formula is C19H24N2O2S. The highest BCUT2D eigenvalue weighted by Gasteiger charge is 2.29. The Balaban J connectivity index is 1.75. The Hall–Kier alpha value is -1.85. The molecule has 1 aliphatic carbocycles. The van der Waals surface area contributed by atoms with E-state index in [2.05, 4.69) is 29.1 Å². The minimum absolute atomic E-state index is 0.0931. The number of hydrogen-bond donors (Lipinski definition) is 2. The van der Waals surface area contributed by atoms with Crippen LogP contribution >= 0.6 is 0 Å². The molecule has 0 heterocycles. The van der Waals surface area contributed by atoms with Gasteiger partial charge in [0, 0.05) is 17.8 Å². The van der Waals surface area contributed by atoms with Crippen molar-refractivity contribution in [3.8, 4) is 0 Å². The van der Waals surface area contributed by atoms with Crippen molar-refractivity contribution >= 4 is 15.7 Å². The van der Waals surface area contributed by atoms with Crippen LogP contribution in [0.25, 0.3) is 0 Å². The molecule has 0 aliphatic heterocycles. The number of rotatable bonds is 5. The van der Waals surface area contributed by atoms with E-state index in [-0.39, 0.29) is 12.1 Å². The fraction of sp³-hybridized carbons (Fsp3) is 0.368. The van der Waals surface area contributed by atoms with Gasteiger partial charge in [0.15, 0.2) is 0 Å². The summed E-state index contributed by atoms with van der Waals surface area (Å²) in [6, 6.07) is 16.8. The predicted octanol–water partition coefficient (Wildman–Crippen LogP) is 3.70. The molecule has 1 aliphatic rings. The topological polar surface area (TPSA) is 58.2 Å². The lowest BCUT2D eigenvalue weighted by molar-refractivity contribution is 0.378. The van der Waals surface area contributed by atoms with Crippen molar-refractivity contribution < 1.29 is 8.42 Å². The first-order valence-electron chi connectivity index (χ1n) is 8.45. The SMILES string of the molecule is Cc1cccc(N[C@H]2CCCC[C@H]2NS(=O)(=O)c2ccccc2)c1. The first kappa shape index (κ1) is 17.0. The van der Waals surface area contributed by atoms with E-state index >= 15 is 0 Å². The number of aryl methyl sites for hydroxylation is 1. The summed E-state index contributed by atoms with van der Waals surface area (Å²) in [4.78, 5) is 0.324. The molecule has 1 fully saturated rings. The zero-order chi connectivity index (χ0) is 17.0. The van der Waals surface area contributed by atoms with Gasteiger partial charge in [0.1, 0.15) is 0 Å². The van der Waals surface area contributed by atoms with Gasteiger partial charge in [-0.2, -0.15) is 0 Å². The van der Waals surface area contributed by atoms with Crippen LogP contribution in [0.2, 0.25) is 0 Å². The minimum Gasteiger partial charge on any atom is -0.381 e. The van der Waals surface area contributed by atoms with Crippen molar-refractivity contribution in [1.29, 1.82) is 0 Å². The van der Waals surface area contributed by atoms with Crippen LogP contribution in [0.5, 0.6) is 0 Å². The van der Waals surface area contributed by atoms with Gasteiger partial charge in [-0.1, -0.05) is 43.2 Å². The minimum atomic E-state index is -3.48. The molecule has 3 rings (SSSR count). The second-order valence-electron chi connectivity index (χ2n) is 6.45. The maximum absolute atomic E-state index is 12.6. The number of nitrogens with one attached hydrogen (secondary N) is 2. The lowest BCUT2D eigenvalue weighted by Crippen LogP contribution is -2.48. The molecule has 0 radical (unpaired) electrons. The highest BCUT2D eigenvalue weighted by atomic mass is 32.2. The standard InChI is InChI=1S/C19H24N2O2S/c1-15-8-7-9-16(14-15)20-18-12-5-6-13-19(18)21-24(22,23)17-10-3-2-4-11-17/h2-4,7-11,14,18-21H,5-6,12-13H2,1H3/t18-,19+/m0/s1. The monoisotopic (exact) mass is 344 g/mol. The number of hydrogen-bond acceptors (Lipinski definition) is 3. The van der Waals surface area contributed by atoms with E-state index in [9.17, 15) is 8.42 Å². The van der Waals surface area contributed by atoms with E-state index < -0.39 is 10.0 Å². The van der Waals surface area contributed by atoms with Crippen LogP contribution in [0.4, 0.5) is 5.69 Å².